The smallest absolute Gasteiger partial charge is 0.165 e. The van der Waals surface area contributed by atoms with E-state index in [0.717, 1.165) is 0 Å². The molecule has 1 aliphatic rings. The second-order valence-corrected chi connectivity index (χ2v) is 7.62. The van der Waals surface area contributed by atoms with Gasteiger partial charge in [-0.3, -0.25) is 4.98 Å². The van der Waals surface area contributed by atoms with Crippen molar-refractivity contribution in [1.29, 1.82) is 5.26 Å². The summed E-state index contributed by atoms with van der Waals surface area (Å²) >= 11 is 0. The highest BCUT2D eigenvalue weighted by Gasteiger charge is 2.44. The molecule has 1 aliphatic carbocycles. The van der Waals surface area contributed by atoms with E-state index in [1.54, 1.807) is 12.1 Å². The van der Waals surface area contributed by atoms with Crippen LogP contribution in [0.3, 0.4) is 0 Å². The summed E-state index contributed by atoms with van der Waals surface area (Å²) in [5, 5.41) is 21.0. The molecule has 0 amide bonds. The minimum atomic E-state index is -2.03. The van der Waals surface area contributed by atoms with Crippen LogP contribution in [0.1, 0.15) is 35.9 Å². The number of aliphatic hydroxyl groups is 1. The zero-order valence-electron chi connectivity index (χ0n) is 13.6. The second kappa shape index (κ2) is 6.90. The summed E-state index contributed by atoms with van der Waals surface area (Å²) in [4.78, 5) is 4.58. The summed E-state index contributed by atoms with van der Waals surface area (Å²) in [6.45, 7) is 1.86. The lowest BCUT2D eigenvalue weighted by Gasteiger charge is -2.16. The third-order valence-electron chi connectivity index (χ3n) is 4.13. The van der Waals surface area contributed by atoms with Crippen molar-refractivity contribution < 1.29 is 18.6 Å². The van der Waals surface area contributed by atoms with Crippen LogP contribution in [0.5, 0.6) is 11.5 Å². The predicted molar refractivity (Wildman–Crippen MR) is 92.7 cm³/mol. The molecule has 1 heterocycles. The number of rotatable bonds is 3. The van der Waals surface area contributed by atoms with E-state index in [2.05, 4.69) is 4.98 Å². The lowest BCUT2D eigenvalue weighted by molar-refractivity contribution is 0.0455. The SMILES string of the molecule is C/C=S(\C)c1ccc(Oc2cncc(C#N)c2)c2c1[C@H](O)[C@H](F)[C@@H]2F. The molecule has 0 saturated heterocycles. The van der Waals surface area contributed by atoms with Gasteiger partial charge < -0.3 is 9.84 Å². The van der Waals surface area contributed by atoms with Gasteiger partial charge in [0.2, 0.25) is 0 Å². The van der Waals surface area contributed by atoms with Crippen LogP contribution in [0.25, 0.3) is 0 Å². The first-order valence-electron chi connectivity index (χ1n) is 7.58. The molecular formula is C18H16F2N2O2S. The van der Waals surface area contributed by atoms with Crippen molar-refractivity contribution in [2.75, 3.05) is 6.26 Å². The molecule has 1 aromatic carbocycles. The van der Waals surface area contributed by atoms with E-state index in [9.17, 15) is 13.9 Å². The van der Waals surface area contributed by atoms with Crippen molar-refractivity contribution in [3.8, 4) is 17.6 Å². The van der Waals surface area contributed by atoms with Crippen molar-refractivity contribution in [2.45, 2.75) is 30.3 Å². The van der Waals surface area contributed by atoms with Gasteiger partial charge in [0.05, 0.1) is 11.8 Å². The minimum absolute atomic E-state index is 0.0288. The third-order valence-corrected chi connectivity index (χ3v) is 5.89. The largest absolute Gasteiger partial charge is 0.455 e. The molecule has 130 valence electrons. The van der Waals surface area contributed by atoms with Crippen molar-refractivity contribution in [3.05, 3.63) is 47.3 Å². The highest BCUT2D eigenvalue weighted by atomic mass is 32.2. The number of benzene rings is 1. The van der Waals surface area contributed by atoms with Gasteiger partial charge in [0, 0.05) is 28.3 Å². The Balaban J connectivity index is 2.12. The van der Waals surface area contributed by atoms with Gasteiger partial charge in [0.1, 0.15) is 23.7 Å². The molecule has 4 nitrogen and oxygen atoms in total. The number of nitrogens with zero attached hydrogens (tertiary/aromatic N) is 2. The molecule has 0 saturated carbocycles. The average molecular weight is 362 g/mol. The maximum Gasteiger partial charge on any atom is 0.165 e. The van der Waals surface area contributed by atoms with Crippen LogP contribution in [0.15, 0.2) is 35.5 Å². The third kappa shape index (κ3) is 3.03. The molecule has 0 spiro atoms. The molecule has 2 aromatic rings. The van der Waals surface area contributed by atoms with Crippen molar-refractivity contribution in [2.24, 2.45) is 0 Å². The summed E-state index contributed by atoms with van der Waals surface area (Å²) < 4.78 is 34.3. The van der Waals surface area contributed by atoms with Gasteiger partial charge in [-0.05, 0) is 25.3 Å². The second-order valence-electron chi connectivity index (χ2n) is 5.60. The number of fused-ring (bicyclic) bond motifs is 1. The van der Waals surface area contributed by atoms with Gasteiger partial charge in [-0.1, -0.05) is 5.37 Å². The molecule has 0 aliphatic heterocycles. The number of ether oxygens (including phenoxy) is 1. The number of hydrogen-bond donors (Lipinski definition) is 1. The summed E-state index contributed by atoms with van der Waals surface area (Å²) in [5.74, 6) is 0.367. The molecule has 25 heavy (non-hydrogen) atoms. The minimum Gasteiger partial charge on any atom is -0.455 e. The summed E-state index contributed by atoms with van der Waals surface area (Å²) in [6.07, 6.45) is -0.850. The van der Waals surface area contributed by atoms with Crippen LogP contribution >= 0.6 is 10.5 Å². The predicted octanol–water partition coefficient (Wildman–Crippen LogP) is 4.22. The van der Waals surface area contributed by atoms with Crippen LogP contribution in [0.4, 0.5) is 8.78 Å². The van der Waals surface area contributed by atoms with Crippen LogP contribution in [-0.2, 0) is 0 Å². The summed E-state index contributed by atoms with van der Waals surface area (Å²) in [5.41, 5.74) is 0.577. The zero-order valence-corrected chi connectivity index (χ0v) is 14.4. The van der Waals surface area contributed by atoms with Crippen LogP contribution in [0, 0.1) is 11.3 Å². The van der Waals surface area contributed by atoms with E-state index in [0.29, 0.717) is 10.5 Å². The Morgan fingerprint density at radius 2 is 2.08 bits per heavy atom. The van der Waals surface area contributed by atoms with E-state index in [4.69, 9.17) is 10.00 Å². The normalized spacial score (nSPS) is 23.1. The van der Waals surface area contributed by atoms with Crippen molar-refractivity contribution in [1.82, 2.24) is 4.98 Å². The summed E-state index contributed by atoms with van der Waals surface area (Å²) in [6, 6.07) is 6.68. The fourth-order valence-electron chi connectivity index (χ4n) is 2.82. The fraction of sp³-hybridized carbons (Fsp3) is 0.278. The maximum absolute atomic E-state index is 14.5. The van der Waals surface area contributed by atoms with E-state index in [-0.39, 0.29) is 33.1 Å². The monoisotopic (exact) mass is 362 g/mol. The van der Waals surface area contributed by atoms with Crippen LogP contribution < -0.4 is 4.74 Å². The van der Waals surface area contributed by atoms with E-state index in [1.807, 2.05) is 24.6 Å². The fourth-order valence-corrected chi connectivity index (χ4v) is 3.94. The molecule has 7 heteroatoms. The zero-order chi connectivity index (χ0) is 18.1. The molecule has 1 unspecified atom stereocenters. The number of halogens is 2. The Kier molecular flexibility index (Phi) is 4.84. The number of hydrogen-bond acceptors (Lipinski definition) is 4. The lowest BCUT2D eigenvalue weighted by atomic mass is 10.1. The molecule has 0 radical (unpaired) electrons. The molecule has 3 rings (SSSR count). The highest BCUT2D eigenvalue weighted by molar-refractivity contribution is 8.14. The molecule has 0 fully saturated rings. The first-order valence-corrected chi connectivity index (χ1v) is 9.27. The highest BCUT2D eigenvalue weighted by Crippen LogP contribution is 2.52. The number of aliphatic hydroxyl groups excluding tert-OH is 1. The topological polar surface area (TPSA) is 66.1 Å². The summed E-state index contributed by atoms with van der Waals surface area (Å²) in [7, 11) is -0.362. The lowest BCUT2D eigenvalue weighted by Crippen LogP contribution is -2.09. The van der Waals surface area contributed by atoms with Gasteiger partial charge in [-0.2, -0.15) is 15.7 Å². The van der Waals surface area contributed by atoms with Crippen molar-refractivity contribution in [3.63, 3.8) is 0 Å². The Morgan fingerprint density at radius 1 is 1.32 bits per heavy atom. The Bertz CT molecular complexity index is 895. The van der Waals surface area contributed by atoms with E-state index in [1.165, 1.54) is 18.5 Å². The number of pyridine rings is 1. The molecule has 0 bridgehead atoms. The Hall–Kier alpha value is -2.30. The first-order chi connectivity index (χ1) is 12.0. The van der Waals surface area contributed by atoms with Crippen LogP contribution in [-0.4, -0.2) is 27.9 Å². The average Bonchev–Trinajstić information content (AvgIpc) is 2.86. The first kappa shape index (κ1) is 17.5. The van der Waals surface area contributed by atoms with Crippen LogP contribution in [0.2, 0.25) is 0 Å². The number of alkyl halides is 2. The van der Waals surface area contributed by atoms with Gasteiger partial charge in [-0.15, -0.1) is 0 Å². The van der Waals surface area contributed by atoms with E-state index >= 15 is 0 Å². The van der Waals surface area contributed by atoms with Crippen molar-refractivity contribution >= 4 is 15.9 Å². The molecule has 1 aromatic heterocycles. The van der Waals surface area contributed by atoms with Gasteiger partial charge in [-0.25, -0.2) is 8.78 Å². The number of nitriles is 1. The van der Waals surface area contributed by atoms with Gasteiger partial charge >= 0.3 is 0 Å². The quantitative estimate of drug-likeness (QED) is 0.830. The standard InChI is InChI=1S/C18H16F2N2O2S/c1-3-25(2)13-5-4-12(14-15(13)18(23)17(20)16(14)19)24-11-6-10(7-21)8-22-9-11/h3-6,8-9,16-18,23H,1-2H3/t16-,17-,18+,25?/m1/s1. The molecular weight excluding hydrogens is 346 g/mol. The number of aromatic nitrogens is 1. The molecule has 4 atom stereocenters. The van der Waals surface area contributed by atoms with Gasteiger partial charge in [0.15, 0.2) is 12.3 Å². The van der Waals surface area contributed by atoms with E-state index < -0.39 is 18.4 Å². The Morgan fingerprint density at radius 3 is 2.76 bits per heavy atom. The maximum atomic E-state index is 14.5. The van der Waals surface area contributed by atoms with Gasteiger partial charge in [0.25, 0.3) is 0 Å². The Labute approximate surface area is 146 Å². The molecule has 1 N–H and O–H groups in total.